The molecule has 2 aromatic heterocycles. The number of amides is 3. The molecule has 188 valence electrons. The van der Waals surface area contributed by atoms with E-state index in [1.165, 1.54) is 0 Å². The van der Waals surface area contributed by atoms with E-state index in [1.54, 1.807) is 35.0 Å². The Balaban J connectivity index is 1.52. The lowest BCUT2D eigenvalue weighted by Crippen LogP contribution is -2.50. The Hall–Kier alpha value is -4.33. The zero-order chi connectivity index (χ0) is 26.4. The maximum atomic E-state index is 13.7. The van der Waals surface area contributed by atoms with Gasteiger partial charge in [-0.25, -0.2) is 4.98 Å². The summed E-state index contributed by atoms with van der Waals surface area (Å²) in [7, 11) is 0. The summed E-state index contributed by atoms with van der Waals surface area (Å²) in [6, 6.07) is 15.4. The molecule has 2 unspecified atom stereocenters. The quantitative estimate of drug-likeness (QED) is 0.380. The van der Waals surface area contributed by atoms with E-state index < -0.39 is 23.8 Å². The standard InChI is InChI=1S/C29H29N5O3/c1-6-16(2)26(33-28(36)21-11-7-8-12-22(21)29(33)37)27(35)31-24-15-19(5)32-34(24)23-14-18(4)20-13-9-10-17(3)25(20)30-23/h7-16,26H,6H2,1-5H3,(H,31,35). The predicted molar refractivity (Wildman–Crippen MR) is 142 cm³/mol. The van der Waals surface area contributed by atoms with Gasteiger partial charge < -0.3 is 5.32 Å². The van der Waals surface area contributed by atoms with Crippen LogP contribution in [0, 0.1) is 26.7 Å². The number of aromatic nitrogens is 3. The smallest absolute Gasteiger partial charge is 0.262 e. The summed E-state index contributed by atoms with van der Waals surface area (Å²) in [5.41, 5.74) is 4.28. The first kappa shape index (κ1) is 24.4. The van der Waals surface area contributed by atoms with Crippen molar-refractivity contribution in [2.75, 3.05) is 5.32 Å². The van der Waals surface area contributed by atoms with Gasteiger partial charge in [-0.05, 0) is 56.0 Å². The van der Waals surface area contributed by atoms with Crippen molar-refractivity contribution >= 4 is 34.4 Å². The number of hydrogen-bond acceptors (Lipinski definition) is 5. The van der Waals surface area contributed by atoms with Crippen LogP contribution in [0.5, 0.6) is 0 Å². The number of fused-ring (bicyclic) bond motifs is 2. The molecule has 8 heteroatoms. The van der Waals surface area contributed by atoms with Crippen molar-refractivity contribution in [3.8, 4) is 5.82 Å². The summed E-state index contributed by atoms with van der Waals surface area (Å²) < 4.78 is 1.60. The fourth-order valence-electron chi connectivity index (χ4n) is 4.93. The van der Waals surface area contributed by atoms with Crippen molar-refractivity contribution in [3.05, 3.63) is 82.5 Å². The summed E-state index contributed by atoms with van der Waals surface area (Å²) in [4.78, 5) is 46.1. The average molecular weight is 496 g/mol. The Morgan fingerprint density at radius 2 is 1.62 bits per heavy atom. The second-order valence-corrected chi connectivity index (χ2v) is 9.70. The van der Waals surface area contributed by atoms with Gasteiger partial charge in [0.1, 0.15) is 11.9 Å². The van der Waals surface area contributed by atoms with Crippen molar-refractivity contribution in [2.45, 2.75) is 47.1 Å². The van der Waals surface area contributed by atoms with Gasteiger partial charge in [0.15, 0.2) is 5.82 Å². The number of benzene rings is 2. The molecule has 2 aromatic carbocycles. The average Bonchev–Trinajstić information content (AvgIpc) is 3.37. The number of nitrogens with one attached hydrogen (secondary N) is 1. The van der Waals surface area contributed by atoms with E-state index in [2.05, 4.69) is 10.4 Å². The van der Waals surface area contributed by atoms with Crippen LogP contribution in [0.2, 0.25) is 0 Å². The van der Waals surface area contributed by atoms with Crippen LogP contribution in [0.25, 0.3) is 16.7 Å². The molecular formula is C29H29N5O3. The molecule has 1 aliphatic rings. The van der Waals surface area contributed by atoms with Crippen LogP contribution in [0.15, 0.2) is 54.6 Å². The first-order valence-electron chi connectivity index (χ1n) is 12.4. The topological polar surface area (TPSA) is 97.2 Å². The molecule has 0 aliphatic carbocycles. The number of pyridine rings is 1. The SMILES string of the molecule is CCC(C)C(C(=O)Nc1cc(C)nn1-c1cc(C)c2cccc(C)c2n1)N1C(=O)c2ccccc2C1=O. The maximum Gasteiger partial charge on any atom is 0.262 e. The third-order valence-corrected chi connectivity index (χ3v) is 7.09. The molecule has 37 heavy (non-hydrogen) atoms. The van der Waals surface area contributed by atoms with Crippen LogP contribution in [0.4, 0.5) is 5.82 Å². The minimum absolute atomic E-state index is 0.261. The predicted octanol–water partition coefficient (Wildman–Crippen LogP) is 5.00. The highest BCUT2D eigenvalue weighted by Crippen LogP contribution is 2.30. The number of nitrogens with zero attached hydrogens (tertiary/aromatic N) is 4. The Morgan fingerprint density at radius 1 is 0.946 bits per heavy atom. The van der Waals surface area contributed by atoms with E-state index in [0.717, 1.165) is 26.9 Å². The second kappa shape index (κ2) is 9.28. The van der Waals surface area contributed by atoms with Gasteiger partial charge in [-0.1, -0.05) is 50.6 Å². The van der Waals surface area contributed by atoms with Gasteiger partial charge in [0, 0.05) is 11.5 Å². The minimum Gasteiger partial charge on any atom is -0.309 e. The zero-order valence-corrected chi connectivity index (χ0v) is 21.6. The first-order chi connectivity index (χ1) is 17.7. The Bertz CT molecular complexity index is 1540. The van der Waals surface area contributed by atoms with Crippen molar-refractivity contribution in [1.29, 1.82) is 0 Å². The number of carbonyl (C=O) groups excluding carboxylic acids is 3. The molecule has 0 saturated heterocycles. The van der Waals surface area contributed by atoms with E-state index >= 15 is 0 Å². The largest absolute Gasteiger partial charge is 0.309 e. The second-order valence-electron chi connectivity index (χ2n) is 9.70. The number of hydrogen-bond donors (Lipinski definition) is 1. The van der Waals surface area contributed by atoms with Gasteiger partial charge >= 0.3 is 0 Å². The first-order valence-corrected chi connectivity index (χ1v) is 12.4. The molecule has 1 aliphatic heterocycles. The van der Waals surface area contributed by atoms with Crippen molar-refractivity contribution in [1.82, 2.24) is 19.7 Å². The third-order valence-electron chi connectivity index (χ3n) is 7.09. The number of anilines is 1. The van der Waals surface area contributed by atoms with Crippen LogP contribution < -0.4 is 5.32 Å². The van der Waals surface area contributed by atoms with E-state index in [4.69, 9.17) is 4.98 Å². The fourth-order valence-corrected chi connectivity index (χ4v) is 4.93. The normalized spacial score (nSPS) is 14.7. The van der Waals surface area contributed by atoms with E-state index in [1.807, 2.05) is 58.9 Å². The van der Waals surface area contributed by atoms with Gasteiger partial charge in [0.2, 0.25) is 5.91 Å². The van der Waals surface area contributed by atoms with Gasteiger partial charge in [-0.3, -0.25) is 19.3 Å². The van der Waals surface area contributed by atoms with Gasteiger partial charge in [-0.15, -0.1) is 0 Å². The van der Waals surface area contributed by atoms with Crippen LogP contribution in [-0.2, 0) is 4.79 Å². The molecule has 3 amide bonds. The molecule has 0 bridgehead atoms. The molecule has 0 fully saturated rings. The molecule has 4 aromatic rings. The van der Waals surface area contributed by atoms with Crippen LogP contribution >= 0.6 is 0 Å². The van der Waals surface area contributed by atoms with Gasteiger partial charge in [-0.2, -0.15) is 9.78 Å². The molecule has 0 spiro atoms. The molecule has 2 atom stereocenters. The summed E-state index contributed by atoms with van der Waals surface area (Å²) in [6.45, 7) is 9.66. The summed E-state index contributed by atoms with van der Waals surface area (Å²) >= 11 is 0. The molecular weight excluding hydrogens is 466 g/mol. The van der Waals surface area contributed by atoms with Gasteiger partial charge in [0.25, 0.3) is 11.8 Å². The molecule has 3 heterocycles. The lowest BCUT2D eigenvalue weighted by atomic mass is 9.96. The lowest BCUT2D eigenvalue weighted by Gasteiger charge is -2.29. The summed E-state index contributed by atoms with van der Waals surface area (Å²) in [5.74, 6) is -0.612. The Labute approximate surface area is 215 Å². The number of rotatable bonds is 6. The van der Waals surface area contributed by atoms with Gasteiger partial charge in [0.05, 0.1) is 22.3 Å². The van der Waals surface area contributed by atoms with E-state index in [-0.39, 0.29) is 5.92 Å². The lowest BCUT2D eigenvalue weighted by molar-refractivity contribution is -0.121. The summed E-state index contributed by atoms with van der Waals surface area (Å²) in [5, 5.41) is 8.59. The Morgan fingerprint density at radius 3 is 2.27 bits per heavy atom. The number of imide groups is 1. The van der Waals surface area contributed by atoms with Crippen LogP contribution in [-0.4, -0.2) is 43.4 Å². The maximum absolute atomic E-state index is 13.7. The zero-order valence-electron chi connectivity index (χ0n) is 21.6. The molecule has 0 saturated carbocycles. The summed E-state index contributed by atoms with van der Waals surface area (Å²) in [6.07, 6.45) is 0.606. The van der Waals surface area contributed by atoms with E-state index in [0.29, 0.717) is 34.9 Å². The number of aryl methyl sites for hydroxylation is 3. The molecule has 1 N–H and O–H groups in total. The monoisotopic (exact) mass is 495 g/mol. The highest BCUT2D eigenvalue weighted by Gasteiger charge is 2.44. The highest BCUT2D eigenvalue weighted by atomic mass is 16.2. The van der Waals surface area contributed by atoms with Crippen molar-refractivity contribution < 1.29 is 14.4 Å². The third kappa shape index (κ3) is 4.08. The van der Waals surface area contributed by atoms with E-state index in [9.17, 15) is 14.4 Å². The highest BCUT2D eigenvalue weighted by molar-refractivity contribution is 6.23. The molecule has 8 nitrogen and oxygen atoms in total. The Kier molecular flexibility index (Phi) is 6.11. The fraction of sp³-hybridized carbons (Fsp3) is 0.276. The van der Waals surface area contributed by atoms with Crippen molar-refractivity contribution in [2.24, 2.45) is 5.92 Å². The minimum atomic E-state index is -0.977. The number of para-hydroxylation sites is 1. The number of carbonyl (C=O) groups is 3. The molecule has 5 rings (SSSR count). The van der Waals surface area contributed by atoms with Crippen LogP contribution in [0.3, 0.4) is 0 Å². The van der Waals surface area contributed by atoms with Crippen molar-refractivity contribution in [3.63, 3.8) is 0 Å². The van der Waals surface area contributed by atoms with Crippen LogP contribution in [0.1, 0.15) is 57.8 Å². The molecule has 0 radical (unpaired) electrons.